The molecule has 1 fully saturated rings. The first-order chi connectivity index (χ1) is 11.4. The average molecular weight is 356 g/mol. The molecule has 24 heavy (non-hydrogen) atoms. The Kier molecular flexibility index (Phi) is 5.99. The third-order valence-electron chi connectivity index (χ3n) is 3.80. The summed E-state index contributed by atoms with van der Waals surface area (Å²) in [4.78, 5) is 23.6. The van der Waals surface area contributed by atoms with Crippen LogP contribution in [-0.4, -0.2) is 48.0 Å². The van der Waals surface area contributed by atoms with Crippen LogP contribution < -0.4 is 9.61 Å². The number of benzene rings is 1. The number of carbonyl (C=O) groups excluding carboxylic acids is 2. The lowest BCUT2D eigenvalue weighted by atomic mass is 10.1. The maximum absolute atomic E-state index is 13.4. The topological polar surface area (TPSA) is 105 Å². The number of amides is 1. The van der Waals surface area contributed by atoms with Gasteiger partial charge in [-0.2, -0.15) is 0 Å². The van der Waals surface area contributed by atoms with Crippen LogP contribution >= 0.6 is 7.52 Å². The minimum atomic E-state index is -3.81. The number of piperidine rings is 1. The lowest BCUT2D eigenvalue weighted by Crippen LogP contribution is -2.45. The van der Waals surface area contributed by atoms with Gasteiger partial charge in [0, 0.05) is 6.54 Å². The molecule has 2 atom stereocenters. The van der Waals surface area contributed by atoms with Crippen LogP contribution in [0.25, 0.3) is 0 Å². The maximum atomic E-state index is 13.4. The van der Waals surface area contributed by atoms with Crippen molar-refractivity contribution < 1.29 is 28.6 Å². The Bertz CT molecular complexity index is 665. The van der Waals surface area contributed by atoms with Crippen LogP contribution in [0.5, 0.6) is 5.75 Å². The highest BCUT2D eigenvalue weighted by Crippen LogP contribution is 2.51. The minimum Gasteiger partial charge on any atom is -0.468 e. The SMILES string of the molecule is COC(=O)CNP(=O)(Oc1ccccc1C)C1CCCN(O)C1=O. The molecule has 1 aliphatic rings. The number of hydrogen-bond donors (Lipinski definition) is 2. The Labute approximate surface area is 140 Å². The molecule has 1 saturated heterocycles. The molecule has 0 aliphatic carbocycles. The van der Waals surface area contributed by atoms with Crippen molar-refractivity contribution in [3.63, 3.8) is 0 Å². The summed E-state index contributed by atoms with van der Waals surface area (Å²) in [5.41, 5.74) is -0.331. The normalized spacial score (nSPS) is 20.4. The van der Waals surface area contributed by atoms with Crippen molar-refractivity contribution in [2.75, 3.05) is 20.2 Å². The third-order valence-corrected chi connectivity index (χ3v) is 6.16. The molecule has 1 aliphatic heterocycles. The number of hydrogen-bond acceptors (Lipinski definition) is 6. The summed E-state index contributed by atoms with van der Waals surface area (Å²) in [7, 11) is -2.60. The van der Waals surface area contributed by atoms with Crippen molar-refractivity contribution in [2.24, 2.45) is 0 Å². The van der Waals surface area contributed by atoms with Crippen molar-refractivity contribution in [2.45, 2.75) is 25.4 Å². The second-order valence-electron chi connectivity index (χ2n) is 5.48. The minimum absolute atomic E-state index is 0.177. The molecular formula is C15H21N2O6P. The van der Waals surface area contributed by atoms with Crippen LogP contribution in [0.4, 0.5) is 0 Å². The van der Waals surface area contributed by atoms with Crippen molar-refractivity contribution in [3.05, 3.63) is 29.8 Å². The number of nitrogens with one attached hydrogen (secondary N) is 1. The van der Waals surface area contributed by atoms with Gasteiger partial charge in [0.15, 0.2) is 0 Å². The Morgan fingerprint density at radius 2 is 2.17 bits per heavy atom. The van der Waals surface area contributed by atoms with E-state index in [-0.39, 0.29) is 19.5 Å². The number of hydroxylamine groups is 2. The summed E-state index contributed by atoms with van der Waals surface area (Å²) >= 11 is 0. The van der Waals surface area contributed by atoms with E-state index in [1.807, 2.05) is 0 Å². The monoisotopic (exact) mass is 356 g/mol. The van der Waals surface area contributed by atoms with Crippen LogP contribution in [0.2, 0.25) is 0 Å². The van der Waals surface area contributed by atoms with Gasteiger partial charge in [0.05, 0.1) is 7.11 Å². The van der Waals surface area contributed by atoms with Crippen molar-refractivity contribution >= 4 is 19.4 Å². The van der Waals surface area contributed by atoms with Gasteiger partial charge in [0.1, 0.15) is 18.0 Å². The number of carbonyl (C=O) groups is 2. The first-order valence-corrected chi connectivity index (χ1v) is 9.24. The number of rotatable bonds is 6. The van der Waals surface area contributed by atoms with Crippen molar-refractivity contribution in [1.29, 1.82) is 0 Å². The zero-order chi connectivity index (χ0) is 17.7. The molecule has 0 spiro atoms. The first kappa shape index (κ1) is 18.4. The molecule has 2 unspecified atom stereocenters. The van der Waals surface area contributed by atoms with Crippen LogP contribution in [0.15, 0.2) is 24.3 Å². The molecule has 0 saturated carbocycles. The van der Waals surface area contributed by atoms with Crippen LogP contribution in [0.1, 0.15) is 18.4 Å². The van der Waals surface area contributed by atoms with E-state index in [9.17, 15) is 19.4 Å². The molecule has 1 aromatic carbocycles. The number of aryl methyl sites for hydroxylation is 1. The average Bonchev–Trinajstić information content (AvgIpc) is 2.57. The molecule has 1 aromatic rings. The summed E-state index contributed by atoms with van der Waals surface area (Å²) < 4.78 is 23.6. The van der Waals surface area contributed by atoms with Crippen molar-refractivity contribution in [1.82, 2.24) is 10.2 Å². The van der Waals surface area contributed by atoms with E-state index in [0.717, 1.165) is 5.56 Å². The fourth-order valence-electron chi connectivity index (χ4n) is 2.41. The molecule has 132 valence electrons. The Morgan fingerprint density at radius 1 is 1.46 bits per heavy atom. The molecule has 0 aromatic heterocycles. The molecule has 9 heteroatoms. The highest BCUT2D eigenvalue weighted by molar-refractivity contribution is 7.59. The maximum Gasteiger partial charge on any atom is 0.329 e. The molecule has 1 amide bonds. The Balaban J connectivity index is 2.30. The second kappa shape index (κ2) is 7.79. The Morgan fingerprint density at radius 3 is 2.83 bits per heavy atom. The Hall–Kier alpha value is -1.89. The standard InChI is InChI=1S/C15H21N2O6P/c1-11-6-3-4-7-12(11)23-24(21,16-10-14(18)22-2)13-8-5-9-17(20)15(13)19/h3-4,6-7,13,20H,5,8-10H2,1-2H3,(H,16,21). The summed E-state index contributed by atoms with van der Waals surface area (Å²) in [5, 5.41) is 12.7. The van der Waals surface area contributed by atoms with Gasteiger partial charge in [-0.3, -0.25) is 19.4 Å². The van der Waals surface area contributed by atoms with Gasteiger partial charge in [-0.15, -0.1) is 0 Å². The summed E-state index contributed by atoms with van der Waals surface area (Å²) in [6.07, 6.45) is 0.765. The molecule has 0 bridgehead atoms. The van der Waals surface area contributed by atoms with Gasteiger partial charge >= 0.3 is 13.5 Å². The first-order valence-electron chi connectivity index (χ1n) is 7.54. The van der Waals surface area contributed by atoms with E-state index in [2.05, 4.69) is 9.82 Å². The smallest absolute Gasteiger partial charge is 0.329 e. The summed E-state index contributed by atoms with van der Waals surface area (Å²) in [6.45, 7) is 1.59. The molecule has 8 nitrogen and oxygen atoms in total. The predicted octanol–water partition coefficient (Wildman–Crippen LogP) is 1.71. The highest BCUT2D eigenvalue weighted by atomic mass is 31.2. The number of nitrogens with zero attached hydrogens (tertiary/aromatic N) is 1. The molecule has 2 rings (SSSR count). The number of ether oxygens (including phenoxy) is 1. The lowest BCUT2D eigenvalue weighted by molar-refractivity contribution is -0.169. The van der Waals surface area contributed by atoms with E-state index < -0.39 is 25.1 Å². The van der Waals surface area contributed by atoms with Crippen LogP contribution in [0, 0.1) is 6.92 Å². The highest BCUT2D eigenvalue weighted by Gasteiger charge is 2.45. The summed E-state index contributed by atoms with van der Waals surface area (Å²) in [6, 6.07) is 6.93. The van der Waals surface area contributed by atoms with Crippen LogP contribution in [-0.2, 0) is 18.9 Å². The molecule has 0 radical (unpaired) electrons. The van der Waals surface area contributed by atoms with Crippen molar-refractivity contribution in [3.8, 4) is 5.75 Å². The molecular weight excluding hydrogens is 335 g/mol. The van der Waals surface area contributed by atoms with Crippen LogP contribution in [0.3, 0.4) is 0 Å². The predicted molar refractivity (Wildman–Crippen MR) is 86.0 cm³/mol. The zero-order valence-electron chi connectivity index (χ0n) is 13.6. The van der Waals surface area contributed by atoms with Gasteiger partial charge < -0.3 is 9.26 Å². The van der Waals surface area contributed by atoms with Gasteiger partial charge in [-0.1, -0.05) is 18.2 Å². The number of methoxy groups -OCH3 is 1. The fraction of sp³-hybridized carbons (Fsp3) is 0.467. The van der Waals surface area contributed by atoms with Gasteiger partial charge in [0.25, 0.3) is 5.91 Å². The number of para-hydroxylation sites is 1. The largest absolute Gasteiger partial charge is 0.468 e. The quantitative estimate of drug-likeness (QED) is 0.454. The van der Waals surface area contributed by atoms with E-state index >= 15 is 0 Å². The van der Waals surface area contributed by atoms with E-state index in [4.69, 9.17) is 4.52 Å². The van der Waals surface area contributed by atoms with E-state index in [0.29, 0.717) is 17.2 Å². The third kappa shape index (κ3) is 4.14. The van der Waals surface area contributed by atoms with Gasteiger partial charge in [-0.25, -0.2) is 10.2 Å². The van der Waals surface area contributed by atoms with Gasteiger partial charge in [0.2, 0.25) is 0 Å². The van der Waals surface area contributed by atoms with Gasteiger partial charge in [-0.05, 0) is 31.4 Å². The molecule has 2 N–H and O–H groups in total. The second-order valence-corrected chi connectivity index (χ2v) is 7.80. The summed E-state index contributed by atoms with van der Waals surface area (Å²) in [5.74, 6) is -0.968. The van der Waals surface area contributed by atoms with E-state index in [1.165, 1.54) is 7.11 Å². The molecule has 1 heterocycles. The zero-order valence-corrected chi connectivity index (χ0v) is 14.5. The lowest BCUT2D eigenvalue weighted by Gasteiger charge is -2.33. The fourth-order valence-corrected chi connectivity index (χ4v) is 4.62. The number of esters is 1. The van der Waals surface area contributed by atoms with E-state index in [1.54, 1.807) is 31.2 Å².